The lowest BCUT2D eigenvalue weighted by Crippen LogP contribution is -2.31. The van der Waals surface area contributed by atoms with E-state index in [1.807, 2.05) is 18.2 Å². The van der Waals surface area contributed by atoms with Gasteiger partial charge >= 0.3 is 0 Å². The van der Waals surface area contributed by atoms with Gasteiger partial charge in [-0.05, 0) is 58.8 Å². The van der Waals surface area contributed by atoms with Gasteiger partial charge in [0.05, 0.1) is 5.56 Å². The molecule has 1 N–H and O–H groups in total. The molecule has 0 radical (unpaired) electrons. The molecular weight excluding hydrogens is 393 g/mol. The fourth-order valence-corrected chi connectivity index (χ4v) is 4.21. The number of rotatable bonds is 4. The van der Waals surface area contributed by atoms with Crippen molar-refractivity contribution in [1.82, 2.24) is 5.32 Å². The van der Waals surface area contributed by atoms with Gasteiger partial charge < -0.3 is 5.32 Å². The van der Waals surface area contributed by atoms with Crippen molar-refractivity contribution in [3.8, 4) is 0 Å². The van der Waals surface area contributed by atoms with Crippen molar-refractivity contribution in [3.05, 3.63) is 32.7 Å². The Morgan fingerprint density at radius 2 is 2.05 bits per heavy atom. The van der Waals surface area contributed by atoms with Crippen LogP contribution < -0.4 is 5.32 Å². The fourth-order valence-electron chi connectivity index (χ4n) is 2.58. The summed E-state index contributed by atoms with van der Waals surface area (Å²) in [7, 11) is 0. The van der Waals surface area contributed by atoms with Crippen LogP contribution in [0.25, 0.3) is 0 Å². The molecule has 0 saturated heterocycles. The standard InChI is InChI=1S/C14H16Br2ClNO/c15-11-4-5-12(13(16)6-11)14(19)18-8-10-3-1-2-9(10)7-17/h4-6,9-10H,1-3,7-8H2,(H,18,19). The number of nitrogens with one attached hydrogen (secondary N) is 1. The molecule has 2 unspecified atom stereocenters. The molecule has 0 aromatic heterocycles. The van der Waals surface area contributed by atoms with Crippen molar-refractivity contribution in [1.29, 1.82) is 0 Å². The van der Waals surface area contributed by atoms with Crippen LogP contribution in [0.15, 0.2) is 27.1 Å². The third kappa shape index (κ3) is 3.96. The second-order valence-electron chi connectivity index (χ2n) is 4.94. The normalized spacial score (nSPS) is 22.5. The first-order chi connectivity index (χ1) is 9.11. The minimum atomic E-state index is -0.0282. The molecule has 19 heavy (non-hydrogen) atoms. The number of hydrogen-bond acceptors (Lipinski definition) is 1. The van der Waals surface area contributed by atoms with Crippen LogP contribution in [0.1, 0.15) is 29.6 Å². The van der Waals surface area contributed by atoms with Crippen LogP contribution in [0.3, 0.4) is 0 Å². The molecule has 104 valence electrons. The zero-order chi connectivity index (χ0) is 13.8. The van der Waals surface area contributed by atoms with Gasteiger partial charge in [0.2, 0.25) is 0 Å². The molecule has 1 aromatic carbocycles. The molecule has 0 aliphatic heterocycles. The van der Waals surface area contributed by atoms with Gasteiger partial charge in [0, 0.05) is 21.4 Å². The van der Waals surface area contributed by atoms with Crippen molar-refractivity contribution in [3.63, 3.8) is 0 Å². The summed E-state index contributed by atoms with van der Waals surface area (Å²) in [6.45, 7) is 0.721. The minimum absolute atomic E-state index is 0.0282. The van der Waals surface area contributed by atoms with E-state index < -0.39 is 0 Å². The first kappa shape index (κ1) is 15.3. The Morgan fingerprint density at radius 1 is 1.32 bits per heavy atom. The molecule has 0 spiro atoms. The third-order valence-electron chi connectivity index (χ3n) is 3.72. The Labute approximate surface area is 135 Å². The molecule has 1 fully saturated rings. The first-order valence-electron chi connectivity index (χ1n) is 6.41. The highest BCUT2D eigenvalue weighted by molar-refractivity contribution is 9.11. The predicted molar refractivity (Wildman–Crippen MR) is 85.7 cm³/mol. The summed E-state index contributed by atoms with van der Waals surface area (Å²) in [5.74, 6) is 1.74. The largest absolute Gasteiger partial charge is 0.352 e. The highest BCUT2D eigenvalue weighted by Gasteiger charge is 2.26. The fraction of sp³-hybridized carbons (Fsp3) is 0.500. The van der Waals surface area contributed by atoms with Crippen LogP contribution in [-0.4, -0.2) is 18.3 Å². The van der Waals surface area contributed by atoms with Crippen molar-refractivity contribution in [2.75, 3.05) is 12.4 Å². The average molecular weight is 410 g/mol. The van der Waals surface area contributed by atoms with Crippen molar-refractivity contribution >= 4 is 49.4 Å². The number of amides is 1. The van der Waals surface area contributed by atoms with Gasteiger partial charge in [0.1, 0.15) is 0 Å². The lowest BCUT2D eigenvalue weighted by Gasteiger charge is -2.17. The Morgan fingerprint density at radius 3 is 2.74 bits per heavy atom. The topological polar surface area (TPSA) is 29.1 Å². The molecule has 2 atom stereocenters. The van der Waals surface area contributed by atoms with Gasteiger partial charge in [0.25, 0.3) is 5.91 Å². The Hall–Kier alpha value is -0.0600. The van der Waals surface area contributed by atoms with Gasteiger partial charge in [-0.25, -0.2) is 0 Å². The molecule has 1 aliphatic rings. The number of alkyl halides is 1. The SMILES string of the molecule is O=C(NCC1CCCC1CCl)c1ccc(Br)cc1Br. The van der Waals surface area contributed by atoms with Gasteiger partial charge in [-0.3, -0.25) is 4.79 Å². The van der Waals surface area contributed by atoms with Crippen molar-refractivity contribution in [2.24, 2.45) is 11.8 Å². The summed E-state index contributed by atoms with van der Waals surface area (Å²) < 4.78 is 1.76. The lowest BCUT2D eigenvalue weighted by atomic mass is 9.98. The highest BCUT2D eigenvalue weighted by Crippen LogP contribution is 2.32. The molecule has 0 bridgehead atoms. The Bertz CT molecular complexity index is 467. The Balaban J connectivity index is 1.94. The summed E-state index contributed by atoms with van der Waals surface area (Å²) in [5, 5.41) is 3.02. The maximum absolute atomic E-state index is 12.1. The van der Waals surface area contributed by atoms with Gasteiger partial charge in [-0.2, -0.15) is 0 Å². The lowest BCUT2D eigenvalue weighted by molar-refractivity contribution is 0.0944. The maximum atomic E-state index is 12.1. The van der Waals surface area contributed by atoms with E-state index in [4.69, 9.17) is 11.6 Å². The van der Waals surface area contributed by atoms with Crippen LogP contribution in [0.5, 0.6) is 0 Å². The molecular formula is C14H16Br2ClNO. The van der Waals surface area contributed by atoms with Crippen LogP contribution in [0.4, 0.5) is 0 Å². The number of carbonyl (C=O) groups excluding carboxylic acids is 1. The van der Waals surface area contributed by atoms with Crippen molar-refractivity contribution in [2.45, 2.75) is 19.3 Å². The van der Waals surface area contributed by atoms with Crippen LogP contribution in [-0.2, 0) is 0 Å². The van der Waals surface area contributed by atoms with Gasteiger partial charge in [0.15, 0.2) is 0 Å². The zero-order valence-electron chi connectivity index (χ0n) is 10.5. The molecule has 5 heteroatoms. The number of carbonyl (C=O) groups is 1. The van der Waals surface area contributed by atoms with E-state index in [-0.39, 0.29) is 5.91 Å². The summed E-state index contributed by atoms with van der Waals surface area (Å²) in [6, 6.07) is 5.57. The smallest absolute Gasteiger partial charge is 0.252 e. The first-order valence-corrected chi connectivity index (χ1v) is 8.53. The van der Waals surface area contributed by atoms with Crippen LogP contribution >= 0.6 is 43.5 Å². The maximum Gasteiger partial charge on any atom is 0.252 e. The summed E-state index contributed by atoms with van der Waals surface area (Å²) in [4.78, 5) is 12.1. The van der Waals surface area contributed by atoms with E-state index in [9.17, 15) is 4.79 Å². The monoisotopic (exact) mass is 407 g/mol. The predicted octanol–water partition coefficient (Wildman–Crippen LogP) is 4.60. The quantitative estimate of drug-likeness (QED) is 0.724. The van der Waals surface area contributed by atoms with E-state index in [1.54, 1.807) is 0 Å². The minimum Gasteiger partial charge on any atom is -0.352 e. The Kier molecular flexibility index (Phi) is 5.72. The molecule has 0 heterocycles. The van der Waals surface area contributed by atoms with E-state index in [1.165, 1.54) is 19.3 Å². The number of hydrogen-bond donors (Lipinski definition) is 1. The van der Waals surface area contributed by atoms with Crippen molar-refractivity contribution < 1.29 is 4.79 Å². The molecule has 1 amide bonds. The van der Waals surface area contributed by atoms with E-state index in [2.05, 4.69) is 37.2 Å². The summed E-state index contributed by atoms with van der Waals surface area (Å²) >= 11 is 12.7. The van der Waals surface area contributed by atoms with E-state index >= 15 is 0 Å². The molecule has 2 rings (SSSR count). The molecule has 1 aliphatic carbocycles. The summed E-state index contributed by atoms with van der Waals surface area (Å²) in [6.07, 6.45) is 3.57. The van der Waals surface area contributed by atoms with Gasteiger partial charge in [-0.15, -0.1) is 11.6 Å². The molecule has 2 nitrogen and oxygen atoms in total. The third-order valence-corrected chi connectivity index (χ3v) is 5.26. The van der Waals surface area contributed by atoms with E-state index in [0.29, 0.717) is 23.3 Å². The summed E-state index contributed by atoms with van der Waals surface area (Å²) in [5.41, 5.74) is 0.670. The molecule has 1 saturated carbocycles. The molecule has 1 aromatic rings. The van der Waals surface area contributed by atoms with Crippen LogP contribution in [0, 0.1) is 11.8 Å². The zero-order valence-corrected chi connectivity index (χ0v) is 14.4. The van der Waals surface area contributed by atoms with Crippen LogP contribution in [0.2, 0.25) is 0 Å². The highest BCUT2D eigenvalue weighted by atomic mass is 79.9. The number of benzene rings is 1. The van der Waals surface area contributed by atoms with E-state index in [0.717, 1.165) is 15.5 Å². The second kappa shape index (κ2) is 7.09. The number of halogens is 3. The second-order valence-corrected chi connectivity index (χ2v) is 7.02. The average Bonchev–Trinajstić information content (AvgIpc) is 2.83. The van der Waals surface area contributed by atoms with Gasteiger partial charge in [-0.1, -0.05) is 22.4 Å².